The predicted molar refractivity (Wildman–Crippen MR) is 87.6 cm³/mol. The van der Waals surface area contributed by atoms with Crippen molar-refractivity contribution in [1.29, 1.82) is 0 Å². The molecule has 2 aromatic carbocycles. The van der Waals surface area contributed by atoms with Gasteiger partial charge in [-0.15, -0.1) is 0 Å². The van der Waals surface area contributed by atoms with Crippen LogP contribution in [0.25, 0.3) is 11.3 Å². The number of nitrogens with zero attached hydrogens (tertiary/aromatic N) is 2. The predicted octanol–water partition coefficient (Wildman–Crippen LogP) is 4.49. The molecule has 3 nitrogen and oxygen atoms in total. The Morgan fingerprint density at radius 3 is 2.52 bits per heavy atom. The van der Waals surface area contributed by atoms with Crippen molar-refractivity contribution in [1.82, 2.24) is 9.78 Å². The van der Waals surface area contributed by atoms with Gasteiger partial charge >= 0.3 is 0 Å². The first-order chi connectivity index (χ1) is 10.1. The number of nitrogen functional groups attached to an aromatic ring is 1. The Hall–Kier alpha value is -1.97. The lowest BCUT2D eigenvalue weighted by Gasteiger charge is -2.03. The zero-order valence-electron chi connectivity index (χ0n) is 11.1. The molecule has 1 heterocycles. The lowest BCUT2D eigenvalue weighted by atomic mass is 10.1. The molecule has 5 heteroatoms. The Morgan fingerprint density at radius 1 is 1.05 bits per heavy atom. The molecule has 21 heavy (non-hydrogen) atoms. The summed E-state index contributed by atoms with van der Waals surface area (Å²) < 4.78 is 1.81. The standard InChI is InChI=1S/C16H13Cl2N3/c17-12-6-7-13(14(18)8-12)16-15(19)10-21(20-16)9-11-4-2-1-3-5-11/h1-8,10H,9,19H2. The van der Waals surface area contributed by atoms with E-state index in [9.17, 15) is 0 Å². The second kappa shape index (κ2) is 5.80. The van der Waals surface area contributed by atoms with Gasteiger partial charge in [0.1, 0.15) is 5.69 Å². The van der Waals surface area contributed by atoms with Crippen molar-refractivity contribution in [3.05, 3.63) is 70.3 Å². The number of hydrogen-bond acceptors (Lipinski definition) is 2. The van der Waals surface area contributed by atoms with Gasteiger partial charge in [-0.3, -0.25) is 4.68 Å². The lowest BCUT2D eigenvalue weighted by Crippen LogP contribution is -2.00. The Balaban J connectivity index is 1.94. The van der Waals surface area contributed by atoms with Gasteiger partial charge in [0.25, 0.3) is 0 Å². The van der Waals surface area contributed by atoms with E-state index in [0.717, 1.165) is 11.1 Å². The van der Waals surface area contributed by atoms with Crippen LogP contribution in [0, 0.1) is 0 Å². The highest BCUT2D eigenvalue weighted by Crippen LogP contribution is 2.32. The minimum absolute atomic E-state index is 0.541. The molecule has 0 unspecified atom stereocenters. The molecular weight excluding hydrogens is 305 g/mol. The number of benzene rings is 2. The summed E-state index contributed by atoms with van der Waals surface area (Å²) in [6.45, 7) is 0.663. The molecule has 0 spiro atoms. The number of anilines is 1. The maximum atomic E-state index is 6.22. The molecule has 0 fully saturated rings. The van der Waals surface area contributed by atoms with Crippen molar-refractivity contribution < 1.29 is 0 Å². The summed E-state index contributed by atoms with van der Waals surface area (Å²) in [5.74, 6) is 0. The van der Waals surface area contributed by atoms with E-state index in [1.807, 2.05) is 47.3 Å². The van der Waals surface area contributed by atoms with Crippen LogP contribution in [0.1, 0.15) is 5.56 Å². The normalized spacial score (nSPS) is 10.8. The van der Waals surface area contributed by atoms with Crippen molar-refractivity contribution >= 4 is 28.9 Å². The fourth-order valence-electron chi connectivity index (χ4n) is 2.18. The average molecular weight is 318 g/mol. The third kappa shape index (κ3) is 3.04. The van der Waals surface area contributed by atoms with Crippen molar-refractivity contribution in [2.45, 2.75) is 6.54 Å². The SMILES string of the molecule is Nc1cn(Cc2ccccc2)nc1-c1ccc(Cl)cc1Cl. The van der Waals surface area contributed by atoms with E-state index in [1.165, 1.54) is 0 Å². The minimum atomic E-state index is 0.541. The van der Waals surface area contributed by atoms with Gasteiger partial charge in [-0.2, -0.15) is 5.10 Å². The van der Waals surface area contributed by atoms with Crippen LogP contribution < -0.4 is 5.73 Å². The van der Waals surface area contributed by atoms with E-state index in [-0.39, 0.29) is 0 Å². The van der Waals surface area contributed by atoms with Crippen LogP contribution in [-0.4, -0.2) is 9.78 Å². The largest absolute Gasteiger partial charge is 0.396 e. The van der Waals surface area contributed by atoms with Gasteiger partial charge in [0.15, 0.2) is 0 Å². The summed E-state index contributed by atoms with van der Waals surface area (Å²) in [5.41, 5.74) is 9.27. The molecule has 0 aliphatic rings. The van der Waals surface area contributed by atoms with E-state index in [4.69, 9.17) is 28.9 Å². The first-order valence-corrected chi connectivity index (χ1v) is 7.21. The number of hydrogen-bond donors (Lipinski definition) is 1. The van der Waals surface area contributed by atoms with Crippen molar-refractivity contribution in [2.75, 3.05) is 5.73 Å². The van der Waals surface area contributed by atoms with Crippen molar-refractivity contribution in [3.63, 3.8) is 0 Å². The smallest absolute Gasteiger partial charge is 0.117 e. The first kappa shape index (κ1) is 14.0. The Labute approximate surface area is 132 Å². The Morgan fingerprint density at radius 2 is 1.81 bits per heavy atom. The molecular formula is C16H13Cl2N3. The summed E-state index contributed by atoms with van der Waals surface area (Å²) in [6, 6.07) is 15.4. The van der Waals surface area contributed by atoms with E-state index in [0.29, 0.717) is 28.0 Å². The molecule has 0 aliphatic heterocycles. The fourth-order valence-corrected chi connectivity index (χ4v) is 2.68. The summed E-state index contributed by atoms with van der Waals surface area (Å²) in [7, 11) is 0. The van der Waals surface area contributed by atoms with Crippen LogP contribution in [0.5, 0.6) is 0 Å². The van der Waals surface area contributed by atoms with E-state index in [1.54, 1.807) is 12.1 Å². The molecule has 0 atom stereocenters. The number of rotatable bonds is 3. The van der Waals surface area contributed by atoms with Crippen LogP contribution in [0.3, 0.4) is 0 Å². The zero-order valence-corrected chi connectivity index (χ0v) is 12.6. The maximum absolute atomic E-state index is 6.22. The highest BCUT2D eigenvalue weighted by molar-refractivity contribution is 6.36. The van der Waals surface area contributed by atoms with Gasteiger partial charge in [-0.1, -0.05) is 53.5 Å². The molecule has 3 rings (SSSR count). The molecule has 106 valence electrons. The summed E-state index contributed by atoms with van der Waals surface area (Å²) in [5, 5.41) is 5.66. The second-order valence-corrected chi connectivity index (χ2v) is 5.58. The number of halogens is 2. The highest BCUT2D eigenvalue weighted by atomic mass is 35.5. The lowest BCUT2D eigenvalue weighted by molar-refractivity contribution is 0.689. The van der Waals surface area contributed by atoms with Crippen LogP contribution in [0.4, 0.5) is 5.69 Å². The van der Waals surface area contributed by atoms with E-state index >= 15 is 0 Å². The molecule has 0 radical (unpaired) electrons. The molecule has 3 aromatic rings. The number of aromatic nitrogens is 2. The second-order valence-electron chi connectivity index (χ2n) is 4.74. The van der Waals surface area contributed by atoms with Crippen LogP contribution in [0.2, 0.25) is 10.0 Å². The Bertz CT molecular complexity index is 766. The average Bonchev–Trinajstić information content (AvgIpc) is 2.80. The van der Waals surface area contributed by atoms with Gasteiger partial charge < -0.3 is 5.73 Å². The molecule has 0 saturated heterocycles. The molecule has 0 saturated carbocycles. The third-order valence-corrected chi connectivity index (χ3v) is 3.71. The van der Waals surface area contributed by atoms with Crippen molar-refractivity contribution in [3.8, 4) is 11.3 Å². The van der Waals surface area contributed by atoms with Gasteiger partial charge in [0, 0.05) is 16.8 Å². The quantitative estimate of drug-likeness (QED) is 0.773. The summed E-state index contributed by atoms with van der Waals surface area (Å²) >= 11 is 12.1. The summed E-state index contributed by atoms with van der Waals surface area (Å²) in [4.78, 5) is 0. The first-order valence-electron chi connectivity index (χ1n) is 6.46. The topological polar surface area (TPSA) is 43.8 Å². The van der Waals surface area contributed by atoms with E-state index in [2.05, 4.69) is 5.10 Å². The fraction of sp³-hybridized carbons (Fsp3) is 0.0625. The van der Waals surface area contributed by atoms with Gasteiger partial charge in [-0.05, 0) is 23.8 Å². The number of nitrogens with two attached hydrogens (primary N) is 1. The highest BCUT2D eigenvalue weighted by Gasteiger charge is 2.12. The van der Waals surface area contributed by atoms with Crippen molar-refractivity contribution in [2.24, 2.45) is 0 Å². The zero-order chi connectivity index (χ0) is 14.8. The third-order valence-electron chi connectivity index (χ3n) is 3.16. The molecule has 0 aliphatic carbocycles. The Kier molecular flexibility index (Phi) is 3.86. The van der Waals surface area contributed by atoms with Crippen LogP contribution in [-0.2, 0) is 6.54 Å². The molecule has 1 aromatic heterocycles. The monoisotopic (exact) mass is 317 g/mol. The molecule has 0 bridgehead atoms. The van der Waals surface area contributed by atoms with E-state index < -0.39 is 0 Å². The van der Waals surface area contributed by atoms with Gasteiger partial charge in [0.2, 0.25) is 0 Å². The van der Waals surface area contributed by atoms with Crippen LogP contribution >= 0.6 is 23.2 Å². The van der Waals surface area contributed by atoms with Gasteiger partial charge in [0.05, 0.1) is 17.3 Å². The molecule has 2 N–H and O–H groups in total. The maximum Gasteiger partial charge on any atom is 0.117 e. The summed E-state index contributed by atoms with van der Waals surface area (Å²) in [6.07, 6.45) is 1.81. The minimum Gasteiger partial charge on any atom is -0.396 e. The van der Waals surface area contributed by atoms with Crippen LogP contribution in [0.15, 0.2) is 54.7 Å². The van der Waals surface area contributed by atoms with Gasteiger partial charge in [-0.25, -0.2) is 0 Å². The molecule has 0 amide bonds.